The minimum Gasteiger partial charge on any atom is -0.352 e. The molecule has 2 aromatic heterocycles. The smallest absolute Gasteiger partial charge is 0.237 e. The molecule has 4 nitrogen and oxygen atoms in total. The highest BCUT2D eigenvalue weighted by atomic mass is 32.1. The van der Waals surface area contributed by atoms with Crippen molar-refractivity contribution < 1.29 is 4.79 Å². The molecule has 6 heteroatoms. The third kappa shape index (κ3) is 3.94. The van der Waals surface area contributed by atoms with Gasteiger partial charge in [-0.3, -0.25) is 4.79 Å². The van der Waals surface area contributed by atoms with Gasteiger partial charge in [-0.2, -0.15) is 0 Å². The first kappa shape index (κ1) is 15.6. The SMILES string of the molecule is C[C@H](NCc1csc(-c2cccs2)n1)C(=O)NC1CCCC1. The van der Waals surface area contributed by atoms with Crippen LogP contribution >= 0.6 is 22.7 Å². The molecule has 0 unspecified atom stereocenters. The van der Waals surface area contributed by atoms with Gasteiger partial charge in [0.2, 0.25) is 5.91 Å². The maximum absolute atomic E-state index is 12.1. The van der Waals surface area contributed by atoms with Crippen LogP contribution in [0.25, 0.3) is 9.88 Å². The van der Waals surface area contributed by atoms with Crippen molar-refractivity contribution in [2.75, 3.05) is 0 Å². The van der Waals surface area contributed by atoms with Crippen LogP contribution in [-0.2, 0) is 11.3 Å². The lowest BCUT2D eigenvalue weighted by Crippen LogP contribution is -2.45. The Bertz CT molecular complexity index is 603. The molecule has 1 fully saturated rings. The molecule has 1 aliphatic carbocycles. The molecule has 0 saturated heterocycles. The van der Waals surface area contributed by atoms with E-state index in [1.54, 1.807) is 22.7 Å². The number of amides is 1. The van der Waals surface area contributed by atoms with Gasteiger partial charge in [0.15, 0.2) is 0 Å². The third-order valence-electron chi connectivity index (χ3n) is 3.97. The van der Waals surface area contributed by atoms with Gasteiger partial charge in [-0.1, -0.05) is 18.9 Å². The van der Waals surface area contributed by atoms with Crippen molar-refractivity contribution in [2.45, 2.75) is 51.2 Å². The van der Waals surface area contributed by atoms with Crippen LogP contribution < -0.4 is 10.6 Å². The zero-order valence-corrected chi connectivity index (χ0v) is 14.3. The summed E-state index contributed by atoms with van der Waals surface area (Å²) in [5.41, 5.74) is 0.994. The van der Waals surface area contributed by atoms with Gasteiger partial charge in [0, 0.05) is 18.0 Å². The van der Waals surface area contributed by atoms with Gasteiger partial charge in [0.05, 0.1) is 16.6 Å². The number of hydrogen-bond acceptors (Lipinski definition) is 5. The third-order valence-corrected chi connectivity index (χ3v) is 5.90. The summed E-state index contributed by atoms with van der Waals surface area (Å²) in [4.78, 5) is 17.9. The summed E-state index contributed by atoms with van der Waals surface area (Å²) in [6.07, 6.45) is 4.71. The number of thiophene rings is 1. The predicted molar refractivity (Wildman–Crippen MR) is 92.1 cm³/mol. The minimum atomic E-state index is -0.188. The van der Waals surface area contributed by atoms with Crippen molar-refractivity contribution >= 4 is 28.6 Å². The van der Waals surface area contributed by atoms with E-state index < -0.39 is 0 Å². The molecule has 118 valence electrons. The number of nitrogens with one attached hydrogen (secondary N) is 2. The molecular weight excluding hydrogens is 314 g/mol. The summed E-state index contributed by atoms with van der Waals surface area (Å²) < 4.78 is 0. The largest absolute Gasteiger partial charge is 0.352 e. The van der Waals surface area contributed by atoms with Crippen molar-refractivity contribution in [3.05, 3.63) is 28.6 Å². The van der Waals surface area contributed by atoms with Crippen molar-refractivity contribution in [3.63, 3.8) is 0 Å². The van der Waals surface area contributed by atoms with Gasteiger partial charge in [0.1, 0.15) is 5.01 Å². The number of thiazole rings is 1. The number of carbonyl (C=O) groups excluding carboxylic acids is 1. The predicted octanol–water partition coefficient (Wildman–Crippen LogP) is 3.41. The Morgan fingerprint density at radius 2 is 2.23 bits per heavy atom. The van der Waals surface area contributed by atoms with Crippen LogP contribution in [0.15, 0.2) is 22.9 Å². The maximum atomic E-state index is 12.1. The first-order valence-electron chi connectivity index (χ1n) is 7.74. The van der Waals surface area contributed by atoms with Crippen molar-refractivity contribution in [1.29, 1.82) is 0 Å². The average Bonchev–Trinajstić information content (AvgIpc) is 3.25. The Morgan fingerprint density at radius 3 is 2.95 bits per heavy atom. The highest BCUT2D eigenvalue weighted by Gasteiger charge is 2.20. The summed E-state index contributed by atoms with van der Waals surface area (Å²) in [5, 5.41) is 11.6. The molecule has 0 aliphatic heterocycles. The fourth-order valence-corrected chi connectivity index (χ4v) is 4.28. The van der Waals surface area contributed by atoms with Crippen LogP contribution in [0.1, 0.15) is 38.3 Å². The Kier molecular flexibility index (Phi) is 5.23. The molecule has 2 aromatic rings. The standard InChI is InChI=1S/C16H21N3OS2/c1-11(15(20)18-12-5-2-3-6-12)17-9-13-10-22-16(19-13)14-7-4-8-21-14/h4,7-8,10-12,17H,2-3,5-6,9H2,1H3,(H,18,20)/t11-/m0/s1. The molecule has 2 N–H and O–H groups in total. The highest BCUT2D eigenvalue weighted by molar-refractivity contribution is 7.20. The van der Waals surface area contributed by atoms with Gasteiger partial charge in [-0.05, 0) is 31.2 Å². The van der Waals surface area contributed by atoms with E-state index in [4.69, 9.17) is 0 Å². The van der Waals surface area contributed by atoms with E-state index in [1.807, 2.05) is 13.0 Å². The molecule has 3 rings (SSSR count). The van der Waals surface area contributed by atoms with E-state index in [0.29, 0.717) is 12.6 Å². The summed E-state index contributed by atoms with van der Waals surface area (Å²) in [7, 11) is 0. The van der Waals surface area contributed by atoms with E-state index in [9.17, 15) is 4.79 Å². The maximum Gasteiger partial charge on any atom is 0.237 e. The van der Waals surface area contributed by atoms with Gasteiger partial charge < -0.3 is 10.6 Å². The number of carbonyl (C=O) groups is 1. The second kappa shape index (κ2) is 7.35. The second-order valence-corrected chi connectivity index (χ2v) is 7.52. The molecule has 0 bridgehead atoms. The van der Waals surface area contributed by atoms with Crippen LogP contribution in [-0.4, -0.2) is 23.0 Å². The van der Waals surface area contributed by atoms with Crippen molar-refractivity contribution in [2.24, 2.45) is 0 Å². The number of hydrogen-bond donors (Lipinski definition) is 2. The van der Waals surface area contributed by atoms with Gasteiger partial charge in [-0.25, -0.2) is 4.98 Å². The van der Waals surface area contributed by atoms with Crippen LogP contribution in [0.4, 0.5) is 0 Å². The quantitative estimate of drug-likeness (QED) is 0.850. The average molecular weight is 335 g/mol. The Labute approximate surface area is 139 Å². The van der Waals surface area contributed by atoms with Crippen LogP contribution in [0.2, 0.25) is 0 Å². The van der Waals surface area contributed by atoms with E-state index in [0.717, 1.165) is 23.5 Å². The molecule has 1 amide bonds. The van der Waals surface area contributed by atoms with Crippen molar-refractivity contribution in [1.82, 2.24) is 15.6 Å². The minimum absolute atomic E-state index is 0.0978. The van der Waals surface area contributed by atoms with Gasteiger partial charge in [-0.15, -0.1) is 22.7 Å². The molecule has 0 spiro atoms. The summed E-state index contributed by atoms with van der Waals surface area (Å²) >= 11 is 3.35. The van der Waals surface area contributed by atoms with Crippen molar-refractivity contribution in [3.8, 4) is 9.88 Å². The normalized spacial score (nSPS) is 16.8. The van der Waals surface area contributed by atoms with Crippen LogP contribution in [0.5, 0.6) is 0 Å². The summed E-state index contributed by atoms with van der Waals surface area (Å²) in [6.45, 7) is 2.54. The first-order chi connectivity index (χ1) is 10.7. The Hall–Kier alpha value is -1.24. The lowest BCUT2D eigenvalue weighted by atomic mass is 10.2. The van der Waals surface area contributed by atoms with E-state index in [-0.39, 0.29) is 11.9 Å². The molecule has 1 atom stereocenters. The molecule has 1 aliphatic rings. The van der Waals surface area contributed by atoms with E-state index in [1.165, 1.54) is 17.7 Å². The van der Waals surface area contributed by atoms with Gasteiger partial charge >= 0.3 is 0 Å². The van der Waals surface area contributed by atoms with E-state index >= 15 is 0 Å². The molecule has 1 saturated carbocycles. The molecule has 2 heterocycles. The molecule has 0 radical (unpaired) electrons. The molecule has 22 heavy (non-hydrogen) atoms. The fourth-order valence-electron chi connectivity index (χ4n) is 2.65. The highest BCUT2D eigenvalue weighted by Crippen LogP contribution is 2.27. The summed E-state index contributed by atoms with van der Waals surface area (Å²) in [5.74, 6) is 0.0978. The summed E-state index contributed by atoms with van der Waals surface area (Å²) in [6, 6.07) is 4.31. The lowest BCUT2D eigenvalue weighted by molar-refractivity contribution is -0.123. The topological polar surface area (TPSA) is 54.0 Å². The monoisotopic (exact) mass is 335 g/mol. The first-order valence-corrected chi connectivity index (χ1v) is 9.50. The number of nitrogens with zero attached hydrogens (tertiary/aromatic N) is 1. The number of rotatable bonds is 6. The van der Waals surface area contributed by atoms with Crippen LogP contribution in [0.3, 0.4) is 0 Å². The zero-order chi connectivity index (χ0) is 15.4. The Morgan fingerprint density at radius 1 is 1.41 bits per heavy atom. The molecule has 0 aromatic carbocycles. The zero-order valence-electron chi connectivity index (χ0n) is 12.7. The van der Waals surface area contributed by atoms with Gasteiger partial charge in [0.25, 0.3) is 0 Å². The van der Waals surface area contributed by atoms with E-state index in [2.05, 4.69) is 32.4 Å². The number of aromatic nitrogens is 1. The Balaban J connectivity index is 1.48. The second-order valence-electron chi connectivity index (χ2n) is 5.71. The fraction of sp³-hybridized carbons (Fsp3) is 0.500. The molecular formula is C16H21N3OS2. The van der Waals surface area contributed by atoms with Crippen LogP contribution in [0, 0.1) is 0 Å². The lowest BCUT2D eigenvalue weighted by Gasteiger charge is -2.17.